The number of benzene rings is 1. The maximum Gasteiger partial charge on any atom is 0.243 e. The van der Waals surface area contributed by atoms with E-state index in [0.717, 1.165) is 12.6 Å². The summed E-state index contributed by atoms with van der Waals surface area (Å²) >= 11 is 0. The first-order chi connectivity index (χ1) is 8.95. The fourth-order valence-corrected chi connectivity index (χ4v) is 3.58. The Hall–Kier alpha value is -1.18. The first-order valence-corrected chi connectivity index (χ1v) is 7.66. The molecule has 1 aromatic carbocycles. The molecule has 0 bridgehead atoms. The molecule has 0 saturated carbocycles. The SMILES string of the molecule is CCN1CCN(S(=O)(=O)c2ccc(F)c(N)c2)CC1. The van der Waals surface area contributed by atoms with Gasteiger partial charge in [0.1, 0.15) is 5.82 Å². The lowest BCUT2D eigenvalue weighted by Crippen LogP contribution is -2.48. The number of halogens is 1. The van der Waals surface area contributed by atoms with Gasteiger partial charge in [-0.25, -0.2) is 12.8 Å². The van der Waals surface area contributed by atoms with Gasteiger partial charge in [-0.1, -0.05) is 6.92 Å². The second-order valence-electron chi connectivity index (χ2n) is 4.52. The van der Waals surface area contributed by atoms with Crippen molar-refractivity contribution in [3.05, 3.63) is 24.0 Å². The molecule has 1 aromatic rings. The van der Waals surface area contributed by atoms with Gasteiger partial charge in [-0.05, 0) is 24.7 Å². The molecule has 1 fully saturated rings. The molecule has 0 aliphatic carbocycles. The zero-order chi connectivity index (χ0) is 14.0. The van der Waals surface area contributed by atoms with E-state index in [1.54, 1.807) is 0 Å². The summed E-state index contributed by atoms with van der Waals surface area (Å²) in [5, 5.41) is 0. The van der Waals surface area contributed by atoms with E-state index >= 15 is 0 Å². The van der Waals surface area contributed by atoms with Crippen molar-refractivity contribution in [2.24, 2.45) is 0 Å². The first kappa shape index (κ1) is 14.2. The van der Waals surface area contributed by atoms with E-state index < -0.39 is 15.8 Å². The van der Waals surface area contributed by atoms with Crippen molar-refractivity contribution in [2.45, 2.75) is 11.8 Å². The fourth-order valence-electron chi connectivity index (χ4n) is 2.12. The van der Waals surface area contributed by atoms with Gasteiger partial charge >= 0.3 is 0 Å². The van der Waals surface area contributed by atoms with Crippen molar-refractivity contribution in [2.75, 3.05) is 38.5 Å². The van der Waals surface area contributed by atoms with E-state index in [1.165, 1.54) is 16.4 Å². The average Bonchev–Trinajstić information content (AvgIpc) is 2.41. The van der Waals surface area contributed by atoms with Crippen LogP contribution in [-0.2, 0) is 10.0 Å². The van der Waals surface area contributed by atoms with E-state index in [-0.39, 0.29) is 10.6 Å². The molecule has 1 aliphatic rings. The van der Waals surface area contributed by atoms with Crippen molar-refractivity contribution in [1.29, 1.82) is 0 Å². The quantitative estimate of drug-likeness (QED) is 0.833. The Kier molecular flexibility index (Phi) is 4.07. The van der Waals surface area contributed by atoms with Gasteiger partial charge in [-0.15, -0.1) is 0 Å². The largest absolute Gasteiger partial charge is 0.396 e. The topological polar surface area (TPSA) is 66.6 Å². The number of piperazine rings is 1. The van der Waals surface area contributed by atoms with Crippen LogP contribution >= 0.6 is 0 Å². The highest BCUT2D eigenvalue weighted by atomic mass is 32.2. The second kappa shape index (κ2) is 5.44. The van der Waals surface area contributed by atoms with E-state index in [0.29, 0.717) is 26.2 Å². The maximum absolute atomic E-state index is 13.1. The third-order valence-electron chi connectivity index (χ3n) is 3.38. The Balaban J connectivity index is 2.21. The lowest BCUT2D eigenvalue weighted by atomic mass is 10.3. The van der Waals surface area contributed by atoms with Gasteiger partial charge in [-0.3, -0.25) is 0 Å². The fraction of sp³-hybridized carbons (Fsp3) is 0.500. The zero-order valence-electron chi connectivity index (χ0n) is 10.8. The van der Waals surface area contributed by atoms with Gasteiger partial charge < -0.3 is 10.6 Å². The number of anilines is 1. The maximum atomic E-state index is 13.1. The molecule has 106 valence electrons. The molecule has 0 unspecified atom stereocenters. The summed E-state index contributed by atoms with van der Waals surface area (Å²) in [6.07, 6.45) is 0. The smallest absolute Gasteiger partial charge is 0.243 e. The van der Waals surface area contributed by atoms with Crippen molar-refractivity contribution >= 4 is 15.7 Å². The Bertz CT molecular complexity index is 554. The molecule has 0 atom stereocenters. The van der Waals surface area contributed by atoms with Crippen LogP contribution in [0.2, 0.25) is 0 Å². The normalized spacial score (nSPS) is 18.6. The molecule has 2 rings (SSSR count). The van der Waals surface area contributed by atoms with Crippen LogP contribution in [0.3, 0.4) is 0 Å². The monoisotopic (exact) mass is 287 g/mol. The molecule has 1 heterocycles. The summed E-state index contributed by atoms with van der Waals surface area (Å²) < 4.78 is 39.3. The third kappa shape index (κ3) is 2.88. The lowest BCUT2D eigenvalue weighted by molar-refractivity contribution is 0.196. The van der Waals surface area contributed by atoms with E-state index in [9.17, 15) is 12.8 Å². The molecule has 7 heteroatoms. The van der Waals surface area contributed by atoms with Crippen LogP contribution in [-0.4, -0.2) is 50.3 Å². The number of nitrogen functional groups attached to an aromatic ring is 1. The van der Waals surface area contributed by atoms with Crippen molar-refractivity contribution in [1.82, 2.24) is 9.21 Å². The minimum absolute atomic E-state index is 0.0522. The number of nitrogens with zero attached hydrogens (tertiary/aromatic N) is 2. The summed E-state index contributed by atoms with van der Waals surface area (Å²) in [4.78, 5) is 2.24. The van der Waals surface area contributed by atoms with Crippen LogP contribution in [0.5, 0.6) is 0 Å². The highest BCUT2D eigenvalue weighted by molar-refractivity contribution is 7.89. The number of sulfonamides is 1. The van der Waals surface area contributed by atoms with E-state index in [2.05, 4.69) is 4.90 Å². The molecule has 1 aliphatic heterocycles. The lowest BCUT2D eigenvalue weighted by Gasteiger charge is -2.33. The molecule has 0 aromatic heterocycles. The molecule has 1 saturated heterocycles. The van der Waals surface area contributed by atoms with Gasteiger partial charge in [0.15, 0.2) is 0 Å². The van der Waals surface area contributed by atoms with Crippen LogP contribution < -0.4 is 5.73 Å². The number of hydrogen-bond donors (Lipinski definition) is 1. The zero-order valence-corrected chi connectivity index (χ0v) is 11.7. The summed E-state index contributed by atoms with van der Waals surface area (Å²) in [7, 11) is -3.57. The Morgan fingerprint density at radius 1 is 1.26 bits per heavy atom. The summed E-state index contributed by atoms with van der Waals surface area (Å²) in [6, 6.07) is 3.52. The van der Waals surface area contributed by atoms with Crippen molar-refractivity contribution in [3.8, 4) is 0 Å². The predicted molar refractivity (Wildman–Crippen MR) is 71.7 cm³/mol. The molecule has 2 N–H and O–H groups in total. The molecule has 5 nitrogen and oxygen atoms in total. The molecular formula is C12H18FN3O2S. The van der Waals surface area contributed by atoms with Gasteiger partial charge in [0.05, 0.1) is 10.6 Å². The molecule has 19 heavy (non-hydrogen) atoms. The van der Waals surface area contributed by atoms with Crippen LogP contribution in [0.1, 0.15) is 6.92 Å². The molecular weight excluding hydrogens is 269 g/mol. The predicted octanol–water partition coefficient (Wildman–Crippen LogP) is 0.734. The standard InChI is InChI=1S/C12H18FN3O2S/c1-2-15-5-7-16(8-6-15)19(17,18)10-3-4-11(13)12(14)9-10/h3-4,9H,2,5-8,14H2,1H3. The summed E-state index contributed by atoms with van der Waals surface area (Å²) in [5.41, 5.74) is 5.28. The van der Waals surface area contributed by atoms with Gasteiger partial charge in [0.2, 0.25) is 10.0 Å². The second-order valence-corrected chi connectivity index (χ2v) is 6.46. The van der Waals surface area contributed by atoms with Gasteiger partial charge in [-0.2, -0.15) is 4.31 Å². The average molecular weight is 287 g/mol. The van der Waals surface area contributed by atoms with Gasteiger partial charge in [0, 0.05) is 26.2 Å². The van der Waals surface area contributed by atoms with Crippen LogP contribution in [0.25, 0.3) is 0 Å². The van der Waals surface area contributed by atoms with E-state index in [4.69, 9.17) is 5.73 Å². The molecule has 0 spiro atoms. The van der Waals surface area contributed by atoms with Crippen LogP contribution in [0, 0.1) is 5.82 Å². The first-order valence-electron chi connectivity index (χ1n) is 6.22. The minimum Gasteiger partial charge on any atom is -0.396 e. The number of likely N-dealkylation sites (N-methyl/N-ethyl adjacent to an activating group) is 1. The Morgan fingerprint density at radius 2 is 1.89 bits per heavy atom. The molecule has 0 amide bonds. The number of nitrogens with two attached hydrogens (primary N) is 1. The summed E-state index contributed by atoms with van der Waals surface area (Å²) in [5.74, 6) is -0.602. The Labute approximate surface area is 112 Å². The minimum atomic E-state index is -3.57. The highest BCUT2D eigenvalue weighted by Gasteiger charge is 2.28. The number of rotatable bonds is 3. The Morgan fingerprint density at radius 3 is 2.42 bits per heavy atom. The van der Waals surface area contributed by atoms with Crippen LogP contribution in [0.4, 0.5) is 10.1 Å². The van der Waals surface area contributed by atoms with Crippen molar-refractivity contribution in [3.63, 3.8) is 0 Å². The van der Waals surface area contributed by atoms with E-state index in [1.807, 2.05) is 6.92 Å². The highest BCUT2D eigenvalue weighted by Crippen LogP contribution is 2.21. The molecule has 0 radical (unpaired) electrons. The van der Waals surface area contributed by atoms with Crippen molar-refractivity contribution < 1.29 is 12.8 Å². The third-order valence-corrected chi connectivity index (χ3v) is 5.28. The van der Waals surface area contributed by atoms with Gasteiger partial charge in [0.25, 0.3) is 0 Å². The van der Waals surface area contributed by atoms with Crippen LogP contribution in [0.15, 0.2) is 23.1 Å². The summed E-state index contributed by atoms with van der Waals surface area (Å²) in [6.45, 7) is 5.29. The number of hydrogen-bond acceptors (Lipinski definition) is 4.